The standard InChI is InChI=1S/C20H21NO3/c1-14-3-2-4-15(9-14)10-20(22)21-8-7-17(12-21)16-5-6-18-19(11-16)24-13-23-18/h2-6,9,11,17H,7-8,10,12-13H2,1H3/t17-/m1/s1. The summed E-state index contributed by atoms with van der Waals surface area (Å²) in [5.74, 6) is 2.21. The highest BCUT2D eigenvalue weighted by Crippen LogP contribution is 2.37. The Balaban J connectivity index is 1.41. The van der Waals surface area contributed by atoms with E-state index in [2.05, 4.69) is 31.2 Å². The van der Waals surface area contributed by atoms with E-state index in [9.17, 15) is 4.79 Å². The van der Waals surface area contributed by atoms with E-state index in [1.54, 1.807) is 0 Å². The van der Waals surface area contributed by atoms with Crippen LogP contribution in [0, 0.1) is 6.92 Å². The van der Waals surface area contributed by atoms with Gasteiger partial charge in [-0.1, -0.05) is 35.9 Å². The normalized spacial score (nSPS) is 18.9. The predicted molar refractivity (Wildman–Crippen MR) is 91.4 cm³/mol. The van der Waals surface area contributed by atoms with Crippen molar-refractivity contribution in [1.29, 1.82) is 0 Å². The molecule has 124 valence electrons. The molecule has 2 aliphatic heterocycles. The van der Waals surface area contributed by atoms with Crippen molar-refractivity contribution in [3.05, 3.63) is 59.2 Å². The fourth-order valence-electron chi connectivity index (χ4n) is 3.53. The lowest BCUT2D eigenvalue weighted by atomic mass is 9.98. The number of aryl methyl sites for hydroxylation is 1. The molecular formula is C20H21NO3. The number of carbonyl (C=O) groups excluding carboxylic acids is 1. The molecule has 2 aromatic rings. The smallest absolute Gasteiger partial charge is 0.231 e. The van der Waals surface area contributed by atoms with Gasteiger partial charge in [-0.05, 0) is 36.6 Å². The summed E-state index contributed by atoms with van der Waals surface area (Å²) in [6.45, 7) is 3.96. The van der Waals surface area contributed by atoms with Crippen LogP contribution >= 0.6 is 0 Å². The van der Waals surface area contributed by atoms with Gasteiger partial charge in [0.2, 0.25) is 12.7 Å². The van der Waals surface area contributed by atoms with Crippen LogP contribution in [0.4, 0.5) is 0 Å². The first-order valence-electron chi connectivity index (χ1n) is 8.42. The first-order valence-corrected chi connectivity index (χ1v) is 8.42. The molecule has 2 aromatic carbocycles. The van der Waals surface area contributed by atoms with E-state index in [1.807, 2.05) is 23.1 Å². The molecule has 2 heterocycles. The van der Waals surface area contributed by atoms with Crippen LogP contribution in [0.5, 0.6) is 11.5 Å². The van der Waals surface area contributed by atoms with Crippen LogP contribution in [0.2, 0.25) is 0 Å². The minimum absolute atomic E-state index is 0.212. The SMILES string of the molecule is Cc1cccc(CC(=O)N2CC[C@@H](c3ccc4c(c3)OCO4)C2)c1. The molecule has 1 amide bonds. The summed E-state index contributed by atoms with van der Waals surface area (Å²) in [5.41, 5.74) is 3.51. The lowest BCUT2D eigenvalue weighted by Gasteiger charge is -2.17. The molecule has 4 heteroatoms. The van der Waals surface area contributed by atoms with Gasteiger partial charge in [0.25, 0.3) is 0 Å². The molecule has 0 N–H and O–H groups in total. The topological polar surface area (TPSA) is 38.8 Å². The van der Waals surface area contributed by atoms with Gasteiger partial charge in [0.1, 0.15) is 0 Å². The first kappa shape index (κ1) is 15.1. The summed E-state index contributed by atoms with van der Waals surface area (Å²) in [4.78, 5) is 14.6. The number of likely N-dealkylation sites (tertiary alicyclic amines) is 1. The summed E-state index contributed by atoms with van der Waals surface area (Å²) in [7, 11) is 0. The average molecular weight is 323 g/mol. The van der Waals surface area contributed by atoms with Gasteiger partial charge in [0.15, 0.2) is 11.5 Å². The maximum Gasteiger partial charge on any atom is 0.231 e. The number of fused-ring (bicyclic) bond motifs is 1. The molecule has 1 atom stereocenters. The fraction of sp³-hybridized carbons (Fsp3) is 0.350. The zero-order valence-electron chi connectivity index (χ0n) is 13.8. The Morgan fingerprint density at radius 1 is 1.17 bits per heavy atom. The van der Waals surface area contributed by atoms with Gasteiger partial charge in [-0.25, -0.2) is 0 Å². The van der Waals surface area contributed by atoms with Crippen LogP contribution in [-0.2, 0) is 11.2 Å². The monoisotopic (exact) mass is 323 g/mol. The summed E-state index contributed by atoms with van der Waals surface area (Å²) in [5, 5.41) is 0. The molecule has 1 saturated heterocycles. The third-order valence-corrected chi connectivity index (χ3v) is 4.85. The third kappa shape index (κ3) is 2.96. The average Bonchev–Trinajstić information content (AvgIpc) is 3.23. The maximum atomic E-state index is 12.6. The largest absolute Gasteiger partial charge is 0.454 e. The van der Waals surface area contributed by atoms with E-state index < -0.39 is 0 Å². The highest BCUT2D eigenvalue weighted by atomic mass is 16.7. The van der Waals surface area contributed by atoms with Gasteiger partial charge < -0.3 is 14.4 Å². The molecule has 0 unspecified atom stereocenters. The number of ether oxygens (including phenoxy) is 2. The van der Waals surface area contributed by atoms with Crippen molar-refractivity contribution in [1.82, 2.24) is 4.90 Å². The number of hydrogen-bond donors (Lipinski definition) is 0. The molecular weight excluding hydrogens is 302 g/mol. The summed E-state index contributed by atoms with van der Waals surface area (Å²) in [6.07, 6.45) is 1.48. The fourth-order valence-corrected chi connectivity index (χ4v) is 3.53. The lowest BCUT2D eigenvalue weighted by molar-refractivity contribution is -0.129. The zero-order valence-corrected chi connectivity index (χ0v) is 13.8. The summed E-state index contributed by atoms with van der Waals surface area (Å²) < 4.78 is 10.8. The van der Waals surface area contributed by atoms with E-state index in [1.165, 1.54) is 11.1 Å². The van der Waals surface area contributed by atoms with E-state index in [-0.39, 0.29) is 5.91 Å². The summed E-state index contributed by atoms with van der Waals surface area (Å²) >= 11 is 0. The van der Waals surface area contributed by atoms with Crippen molar-refractivity contribution >= 4 is 5.91 Å². The van der Waals surface area contributed by atoms with Crippen molar-refractivity contribution in [3.63, 3.8) is 0 Å². The van der Waals surface area contributed by atoms with E-state index >= 15 is 0 Å². The van der Waals surface area contributed by atoms with Gasteiger partial charge in [-0.3, -0.25) is 4.79 Å². The second kappa shape index (κ2) is 6.19. The molecule has 1 fully saturated rings. The van der Waals surface area contributed by atoms with Crippen molar-refractivity contribution in [2.45, 2.75) is 25.7 Å². The van der Waals surface area contributed by atoms with Crippen molar-refractivity contribution in [2.24, 2.45) is 0 Å². The Morgan fingerprint density at radius 2 is 2.04 bits per heavy atom. The Kier molecular flexibility index (Phi) is 3.89. The minimum atomic E-state index is 0.212. The molecule has 0 bridgehead atoms. The highest BCUT2D eigenvalue weighted by molar-refractivity contribution is 5.79. The molecule has 0 radical (unpaired) electrons. The van der Waals surface area contributed by atoms with Gasteiger partial charge in [-0.15, -0.1) is 0 Å². The van der Waals surface area contributed by atoms with Crippen LogP contribution < -0.4 is 9.47 Å². The van der Waals surface area contributed by atoms with Crippen molar-refractivity contribution < 1.29 is 14.3 Å². The second-order valence-corrected chi connectivity index (χ2v) is 6.60. The number of benzene rings is 2. The molecule has 0 aliphatic carbocycles. The molecule has 0 aromatic heterocycles. The zero-order chi connectivity index (χ0) is 16.5. The van der Waals surface area contributed by atoms with E-state index in [0.717, 1.165) is 36.6 Å². The maximum absolute atomic E-state index is 12.6. The Morgan fingerprint density at radius 3 is 2.92 bits per heavy atom. The van der Waals surface area contributed by atoms with Gasteiger partial charge in [0.05, 0.1) is 6.42 Å². The van der Waals surface area contributed by atoms with Crippen LogP contribution in [0.3, 0.4) is 0 Å². The lowest BCUT2D eigenvalue weighted by Crippen LogP contribution is -2.29. The number of carbonyl (C=O) groups is 1. The van der Waals surface area contributed by atoms with Crippen LogP contribution in [0.25, 0.3) is 0 Å². The minimum Gasteiger partial charge on any atom is -0.454 e. The van der Waals surface area contributed by atoms with Crippen molar-refractivity contribution in [3.8, 4) is 11.5 Å². The van der Waals surface area contributed by atoms with Gasteiger partial charge in [0, 0.05) is 19.0 Å². The molecule has 4 nitrogen and oxygen atoms in total. The van der Waals surface area contributed by atoms with Gasteiger partial charge >= 0.3 is 0 Å². The number of nitrogens with zero attached hydrogens (tertiary/aromatic N) is 1. The molecule has 0 saturated carbocycles. The third-order valence-electron chi connectivity index (χ3n) is 4.85. The van der Waals surface area contributed by atoms with Crippen LogP contribution in [-0.4, -0.2) is 30.7 Å². The molecule has 24 heavy (non-hydrogen) atoms. The van der Waals surface area contributed by atoms with E-state index in [4.69, 9.17) is 9.47 Å². The molecule has 2 aliphatic rings. The summed E-state index contributed by atoms with van der Waals surface area (Å²) in [6, 6.07) is 14.3. The van der Waals surface area contributed by atoms with Crippen LogP contribution in [0.1, 0.15) is 29.0 Å². The van der Waals surface area contributed by atoms with E-state index in [0.29, 0.717) is 19.1 Å². The predicted octanol–water partition coefficient (Wildman–Crippen LogP) is 3.28. The second-order valence-electron chi connectivity index (χ2n) is 6.60. The number of rotatable bonds is 3. The quantitative estimate of drug-likeness (QED) is 0.870. The number of hydrogen-bond acceptors (Lipinski definition) is 3. The first-order chi connectivity index (χ1) is 11.7. The van der Waals surface area contributed by atoms with Crippen molar-refractivity contribution in [2.75, 3.05) is 19.9 Å². The number of amides is 1. The molecule has 0 spiro atoms. The Bertz CT molecular complexity index is 771. The van der Waals surface area contributed by atoms with Crippen LogP contribution in [0.15, 0.2) is 42.5 Å². The Labute approximate surface area is 142 Å². The Hall–Kier alpha value is -2.49. The molecule has 4 rings (SSSR count). The highest BCUT2D eigenvalue weighted by Gasteiger charge is 2.28. The van der Waals surface area contributed by atoms with Gasteiger partial charge in [-0.2, -0.15) is 0 Å².